The van der Waals surface area contributed by atoms with Gasteiger partial charge in [-0.2, -0.15) is 0 Å². The zero-order valence-electron chi connectivity index (χ0n) is 10.6. The Kier molecular flexibility index (Phi) is 4.31. The Hall–Kier alpha value is -1.69. The maximum atomic E-state index is 13.4. The molecule has 100 valence electrons. The molecule has 1 aromatic heterocycles. The second kappa shape index (κ2) is 5.97. The molecule has 1 heterocycles. The number of nitrogens with one attached hydrogen (secondary N) is 1. The van der Waals surface area contributed by atoms with Gasteiger partial charge in [-0.25, -0.2) is 14.4 Å². The van der Waals surface area contributed by atoms with E-state index in [1.54, 1.807) is 19.1 Å². The molecule has 0 unspecified atom stereocenters. The van der Waals surface area contributed by atoms with Gasteiger partial charge in [0.05, 0.1) is 0 Å². The highest BCUT2D eigenvalue weighted by Gasteiger charge is 2.11. The van der Waals surface area contributed by atoms with Gasteiger partial charge in [-0.3, -0.25) is 0 Å². The maximum Gasteiger partial charge on any atom is 0.238 e. The molecule has 0 saturated heterocycles. The fraction of sp³-hybridized carbons (Fsp3) is 0.231. The molecule has 0 spiro atoms. The van der Waals surface area contributed by atoms with Gasteiger partial charge in [0.25, 0.3) is 0 Å². The van der Waals surface area contributed by atoms with Gasteiger partial charge in [-0.05, 0) is 41.4 Å². The van der Waals surface area contributed by atoms with E-state index in [1.807, 2.05) is 6.92 Å². The lowest BCUT2D eigenvalue weighted by atomic mass is 10.2. The molecule has 1 aromatic carbocycles. The topological polar surface area (TPSA) is 47.0 Å². The molecule has 0 bridgehead atoms. The largest absolute Gasteiger partial charge is 0.438 e. The predicted octanol–water partition coefficient (Wildman–Crippen LogP) is 3.91. The Morgan fingerprint density at radius 3 is 2.84 bits per heavy atom. The molecule has 0 amide bonds. The minimum atomic E-state index is -0.311. The van der Waals surface area contributed by atoms with Crippen molar-refractivity contribution in [2.75, 3.05) is 11.9 Å². The van der Waals surface area contributed by atoms with Crippen LogP contribution in [0.3, 0.4) is 0 Å². The monoisotopic (exact) mass is 325 g/mol. The van der Waals surface area contributed by atoms with Crippen LogP contribution in [0.4, 0.5) is 10.2 Å². The van der Waals surface area contributed by atoms with E-state index in [0.29, 0.717) is 27.5 Å². The Balaban J connectivity index is 2.27. The number of aryl methyl sites for hydroxylation is 1. The molecule has 0 aliphatic carbocycles. The summed E-state index contributed by atoms with van der Waals surface area (Å²) in [4.78, 5) is 8.10. The van der Waals surface area contributed by atoms with Gasteiger partial charge in [-0.15, -0.1) is 0 Å². The standard InChI is InChI=1S/C13H13BrFN3O/c1-3-16-12-11(14)13(18-7-17-12)19-9-5-4-8(2)10(15)6-9/h4-7H,3H2,1-2H3,(H,16,17,18). The van der Waals surface area contributed by atoms with Crippen molar-refractivity contribution in [1.82, 2.24) is 9.97 Å². The average Bonchev–Trinajstić information content (AvgIpc) is 2.39. The maximum absolute atomic E-state index is 13.4. The third-order valence-corrected chi connectivity index (χ3v) is 3.17. The second-order valence-corrected chi connectivity index (χ2v) is 4.68. The van der Waals surface area contributed by atoms with Crippen molar-refractivity contribution >= 4 is 21.7 Å². The number of hydrogen-bond acceptors (Lipinski definition) is 4. The van der Waals surface area contributed by atoms with Crippen molar-refractivity contribution in [2.45, 2.75) is 13.8 Å². The summed E-state index contributed by atoms with van der Waals surface area (Å²) >= 11 is 3.37. The molecule has 19 heavy (non-hydrogen) atoms. The van der Waals surface area contributed by atoms with E-state index in [1.165, 1.54) is 12.4 Å². The lowest BCUT2D eigenvalue weighted by Crippen LogP contribution is -2.02. The smallest absolute Gasteiger partial charge is 0.238 e. The summed E-state index contributed by atoms with van der Waals surface area (Å²) in [6.45, 7) is 4.39. The minimum absolute atomic E-state index is 0.311. The summed E-state index contributed by atoms with van der Waals surface area (Å²) in [5.74, 6) is 1.06. The number of anilines is 1. The highest BCUT2D eigenvalue weighted by Crippen LogP contribution is 2.32. The highest BCUT2D eigenvalue weighted by atomic mass is 79.9. The second-order valence-electron chi connectivity index (χ2n) is 3.88. The molecule has 4 nitrogen and oxygen atoms in total. The Morgan fingerprint density at radius 1 is 1.37 bits per heavy atom. The first-order chi connectivity index (χ1) is 9.11. The van der Waals surface area contributed by atoms with E-state index < -0.39 is 0 Å². The molecule has 1 N–H and O–H groups in total. The average molecular weight is 326 g/mol. The van der Waals surface area contributed by atoms with Gasteiger partial charge in [-0.1, -0.05) is 6.07 Å². The first-order valence-electron chi connectivity index (χ1n) is 5.80. The van der Waals surface area contributed by atoms with Crippen molar-refractivity contribution in [1.29, 1.82) is 0 Å². The third-order valence-electron chi connectivity index (χ3n) is 2.46. The fourth-order valence-corrected chi connectivity index (χ4v) is 1.89. The van der Waals surface area contributed by atoms with Gasteiger partial charge in [0, 0.05) is 12.6 Å². The van der Waals surface area contributed by atoms with Crippen LogP contribution in [-0.2, 0) is 0 Å². The number of rotatable bonds is 4. The zero-order chi connectivity index (χ0) is 13.8. The number of nitrogens with zero attached hydrogens (tertiary/aromatic N) is 2. The lowest BCUT2D eigenvalue weighted by Gasteiger charge is -2.10. The molecule has 0 saturated carbocycles. The molecule has 2 aromatic rings. The molecule has 2 rings (SSSR count). The number of hydrogen-bond donors (Lipinski definition) is 1. The quantitative estimate of drug-likeness (QED) is 0.925. The minimum Gasteiger partial charge on any atom is -0.438 e. The van der Waals surface area contributed by atoms with Crippen LogP contribution in [0.1, 0.15) is 12.5 Å². The summed E-state index contributed by atoms with van der Waals surface area (Å²) in [6, 6.07) is 4.68. The SMILES string of the molecule is CCNc1ncnc(Oc2ccc(C)c(F)c2)c1Br. The van der Waals surface area contributed by atoms with Crippen LogP contribution in [0.5, 0.6) is 11.6 Å². The Bertz CT molecular complexity index is 592. The molecular weight excluding hydrogens is 313 g/mol. The molecule has 0 aliphatic rings. The summed E-state index contributed by atoms with van der Waals surface area (Å²) in [5.41, 5.74) is 0.572. The van der Waals surface area contributed by atoms with E-state index in [-0.39, 0.29) is 5.82 Å². The van der Waals surface area contributed by atoms with Crippen LogP contribution < -0.4 is 10.1 Å². The zero-order valence-corrected chi connectivity index (χ0v) is 12.2. The number of ether oxygens (including phenoxy) is 1. The van der Waals surface area contributed by atoms with E-state index in [2.05, 4.69) is 31.2 Å². The van der Waals surface area contributed by atoms with Gasteiger partial charge >= 0.3 is 0 Å². The van der Waals surface area contributed by atoms with Crippen LogP contribution in [0.25, 0.3) is 0 Å². The third kappa shape index (κ3) is 3.20. The summed E-state index contributed by atoms with van der Waals surface area (Å²) < 4.78 is 19.6. The van der Waals surface area contributed by atoms with Crippen molar-refractivity contribution in [3.63, 3.8) is 0 Å². The van der Waals surface area contributed by atoms with Crippen molar-refractivity contribution in [3.05, 3.63) is 40.4 Å². The number of aromatic nitrogens is 2. The van der Waals surface area contributed by atoms with Crippen molar-refractivity contribution in [3.8, 4) is 11.6 Å². The fourth-order valence-electron chi connectivity index (χ4n) is 1.46. The summed E-state index contributed by atoms with van der Waals surface area (Å²) in [5, 5.41) is 3.07. The van der Waals surface area contributed by atoms with Crippen LogP contribution >= 0.6 is 15.9 Å². The molecule has 0 aliphatic heterocycles. The molecule has 0 radical (unpaired) electrons. The van der Waals surface area contributed by atoms with Crippen LogP contribution in [-0.4, -0.2) is 16.5 Å². The Morgan fingerprint density at radius 2 is 2.16 bits per heavy atom. The van der Waals surface area contributed by atoms with Crippen molar-refractivity contribution in [2.24, 2.45) is 0 Å². The lowest BCUT2D eigenvalue weighted by molar-refractivity contribution is 0.453. The van der Waals surface area contributed by atoms with Gasteiger partial charge in [0.15, 0.2) is 0 Å². The molecular formula is C13H13BrFN3O. The normalized spacial score (nSPS) is 10.3. The summed E-state index contributed by atoms with van der Waals surface area (Å²) in [6.07, 6.45) is 1.39. The van der Waals surface area contributed by atoms with E-state index in [4.69, 9.17) is 4.74 Å². The van der Waals surface area contributed by atoms with Gasteiger partial charge < -0.3 is 10.1 Å². The van der Waals surface area contributed by atoms with Gasteiger partial charge in [0.2, 0.25) is 5.88 Å². The molecule has 0 atom stereocenters. The van der Waals surface area contributed by atoms with Crippen LogP contribution in [0.15, 0.2) is 29.0 Å². The van der Waals surface area contributed by atoms with E-state index in [9.17, 15) is 4.39 Å². The first kappa shape index (κ1) is 13.7. The van der Waals surface area contributed by atoms with Crippen LogP contribution in [0, 0.1) is 12.7 Å². The predicted molar refractivity (Wildman–Crippen MR) is 75.1 cm³/mol. The summed E-state index contributed by atoms with van der Waals surface area (Å²) in [7, 11) is 0. The van der Waals surface area contributed by atoms with Crippen LogP contribution in [0.2, 0.25) is 0 Å². The number of benzene rings is 1. The van der Waals surface area contributed by atoms with E-state index in [0.717, 1.165) is 6.54 Å². The first-order valence-corrected chi connectivity index (χ1v) is 6.59. The van der Waals surface area contributed by atoms with Crippen molar-refractivity contribution < 1.29 is 9.13 Å². The highest BCUT2D eigenvalue weighted by molar-refractivity contribution is 9.10. The number of halogens is 2. The molecule has 6 heteroatoms. The molecule has 0 fully saturated rings. The van der Waals surface area contributed by atoms with Gasteiger partial charge in [0.1, 0.15) is 28.2 Å². The van der Waals surface area contributed by atoms with E-state index >= 15 is 0 Å². The Labute approximate surface area is 119 Å².